The number of fused-ring (bicyclic) bond motifs is 3. The fourth-order valence-corrected chi connectivity index (χ4v) is 6.24. The molecule has 1 aromatic heterocycles. The van der Waals surface area contributed by atoms with Crippen LogP contribution in [0.4, 0.5) is 5.69 Å². The van der Waals surface area contributed by atoms with Crippen molar-refractivity contribution in [3.8, 4) is 11.1 Å². The highest BCUT2D eigenvalue weighted by molar-refractivity contribution is 7.92. The van der Waals surface area contributed by atoms with Crippen LogP contribution >= 0.6 is 0 Å². The number of carbonyl (C=O) groups excluding carboxylic acids is 1. The molecule has 6 rings (SSSR count). The first-order valence-electron chi connectivity index (χ1n) is 12.6. The summed E-state index contributed by atoms with van der Waals surface area (Å²) in [5, 5.41) is 1.86. The summed E-state index contributed by atoms with van der Waals surface area (Å²) in [7, 11) is -2.06. The number of aryl methyl sites for hydroxylation is 2. The molecule has 0 aliphatic carbocycles. The van der Waals surface area contributed by atoms with Gasteiger partial charge in [0.2, 0.25) is 0 Å². The second-order valence-corrected chi connectivity index (χ2v) is 11.3. The molecule has 0 amide bonds. The molecule has 39 heavy (non-hydrogen) atoms. The molecule has 5 nitrogen and oxygen atoms in total. The van der Waals surface area contributed by atoms with Gasteiger partial charge in [0.05, 0.1) is 16.1 Å². The molecule has 0 saturated heterocycles. The molecule has 5 aromatic carbocycles. The molecule has 0 aliphatic heterocycles. The number of hydrogen-bond acceptors (Lipinski definition) is 3. The maximum absolute atomic E-state index is 14.0. The van der Waals surface area contributed by atoms with E-state index in [1.54, 1.807) is 48.5 Å². The van der Waals surface area contributed by atoms with E-state index in [0.717, 1.165) is 32.9 Å². The largest absolute Gasteiger partial charge is 0.344 e. The molecule has 192 valence electrons. The zero-order valence-corrected chi connectivity index (χ0v) is 22.4. The van der Waals surface area contributed by atoms with E-state index in [-0.39, 0.29) is 21.9 Å². The van der Waals surface area contributed by atoms with Crippen molar-refractivity contribution in [2.75, 3.05) is 4.72 Å². The Labute approximate surface area is 227 Å². The van der Waals surface area contributed by atoms with Crippen molar-refractivity contribution in [2.45, 2.75) is 11.8 Å². The lowest BCUT2D eigenvalue weighted by atomic mass is 9.91. The summed E-state index contributed by atoms with van der Waals surface area (Å²) in [6, 6.07) is 35.0. The maximum Gasteiger partial charge on any atom is 0.261 e. The Kier molecular flexibility index (Phi) is 6.04. The second-order valence-electron chi connectivity index (χ2n) is 9.62. The summed E-state index contributed by atoms with van der Waals surface area (Å²) in [4.78, 5) is 14.2. The van der Waals surface area contributed by atoms with E-state index in [1.807, 2.05) is 80.7 Å². The first kappa shape index (κ1) is 24.6. The molecule has 0 saturated carbocycles. The molecule has 6 aromatic rings. The van der Waals surface area contributed by atoms with Crippen LogP contribution in [0, 0.1) is 6.92 Å². The van der Waals surface area contributed by atoms with Crippen LogP contribution in [0.3, 0.4) is 0 Å². The van der Waals surface area contributed by atoms with E-state index in [0.29, 0.717) is 11.1 Å². The highest BCUT2D eigenvalue weighted by Crippen LogP contribution is 2.44. The number of anilines is 1. The second kappa shape index (κ2) is 9.57. The number of benzene rings is 5. The minimum Gasteiger partial charge on any atom is -0.344 e. The molecule has 0 aliphatic rings. The predicted octanol–water partition coefficient (Wildman–Crippen LogP) is 7.34. The zero-order valence-electron chi connectivity index (χ0n) is 21.5. The quantitative estimate of drug-likeness (QED) is 0.229. The van der Waals surface area contributed by atoms with Crippen LogP contribution in [-0.2, 0) is 17.1 Å². The van der Waals surface area contributed by atoms with E-state index in [9.17, 15) is 13.2 Å². The number of carbonyl (C=O) groups is 1. The van der Waals surface area contributed by atoms with Gasteiger partial charge in [-0.2, -0.15) is 0 Å². The Morgan fingerprint density at radius 3 is 2.05 bits per heavy atom. The van der Waals surface area contributed by atoms with Gasteiger partial charge >= 0.3 is 0 Å². The average Bonchev–Trinajstić information content (AvgIpc) is 3.24. The van der Waals surface area contributed by atoms with Gasteiger partial charge in [0.1, 0.15) is 0 Å². The van der Waals surface area contributed by atoms with Crippen molar-refractivity contribution < 1.29 is 13.2 Å². The van der Waals surface area contributed by atoms with Gasteiger partial charge in [0.15, 0.2) is 5.78 Å². The fraction of sp³-hybridized carbons (Fsp3) is 0.0606. The van der Waals surface area contributed by atoms with E-state index < -0.39 is 10.0 Å². The van der Waals surface area contributed by atoms with E-state index in [4.69, 9.17) is 0 Å². The van der Waals surface area contributed by atoms with Crippen LogP contribution in [0.25, 0.3) is 32.9 Å². The van der Waals surface area contributed by atoms with Gasteiger partial charge in [-0.15, -0.1) is 0 Å². The monoisotopic (exact) mass is 530 g/mol. The van der Waals surface area contributed by atoms with Gasteiger partial charge in [0.25, 0.3) is 10.0 Å². The number of ketones is 1. The topological polar surface area (TPSA) is 68.2 Å². The van der Waals surface area contributed by atoms with E-state index >= 15 is 0 Å². The van der Waals surface area contributed by atoms with Crippen molar-refractivity contribution in [1.82, 2.24) is 4.57 Å². The third kappa shape index (κ3) is 4.29. The van der Waals surface area contributed by atoms with Crippen molar-refractivity contribution in [3.05, 3.63) is 132 Å². The number of sulfonamides is 1. The lowest BCUT2D eigenvalue weighted by Crippen LogP contribution is -2.17. The standard InChI is InChI=1S/C33H26N2O3S/c1-22-17-19-25(20-18-22)39(37,38)34-32-27(33(36)24-13-7-4-8-14-24)21-29-31(30(32)23-11-5-3-6-12-23)26-15-9-10-16-28(26)35(29)2/h3-21,34H,1-2H3. The van der Waals surface area contributed by atoms with Gasteiger partial charge in [0, 0.05) is 40.0 Å². The molecule has 1 heterocycles. The van der Waals surface area contributed by atoms with Crippen molar-refractivity contribution >= 4 is 43.3 Å². The molecule has 0 radical (unpaired) electrons. The van der Waals surface area contributed by atoms with Gasteiger partial charge in [-0.1, -0.05) is 96.6 Å². The minimum absolute atomic E-state index is 0.128. The molecule has 0 fully saturated rings. The Morgan fingerprint density at radius 1 is 0.744 bits per heavy atom. The highest BCUT2D eigenvalue weighted by Gasteiger charge is 2.27. The minimum atomic E-state index is -4.02. The number of nitrogens with zero attached hydrogens (tertiary/aromatic N) is 1. The molecule has 0 unspecified atom stereocenters. The third-order valence-electron chi connectivity index (χ3n) is 7.11. The summed E-state index contributed by atoms with van der Waals surface area (Å²) in [6.07, 6.45) is 0. The number of rotatable bonds is 6. The maximum atomic E-state index is 14.0. The summed E-state index contributed by atoms with van der Waals surface area (Å²) in [5.74, 6) is -0.262. The number of hydrogen-bond donors (Lipinski definition) is 1. The molecule has 1 N–H and O–H groups in total. The van der Waals surface area contributed by atoms with Crippen LogP contribution in [-0.4, -0.2) is 18.8 Å². The normalized spacial score (nSPS) is 11.6. The van der Waals surface area contributed by atoms with E-state index in [1.165, 1.54) is 0 Å². The van der Waals surface area contributed by atoms with Crippen LogP contribution < -0.4 is 4.72 Å². The molecule has 0 spiro atoms. The average molecular weight is 531 g/mol. The number of aromatic nitrogens is 1. The van der Waals surface area contributed by atoms with Gasteiger partial charge in [-0.05, 0) is 36.8 Å². The molecular weight excluding hydrogens is 504 g/mol. The van der Waals surface area contributed by atoms with Crippen LogP contribution in [0.15, 0.2) is 120 Å². The van der Waals surface area contributed by atoms with Crippen LogP contribution in [0.5, 0.6) is 0 Å². The summed E-state index contributed by atoms with van der Waals surface area (Å²) < 4.78 is 32.5. The Bertz CT molecular complexity index is 1960. The Hall–Kier alpha value is -4.68. The van der Waals surface area contributed by atoms with Gasteiger partial charge < -0.3 is 4.57 Å². The first-order chi connectivity index (χ1) is 18.8. The number of nitrogens with one attached hydrogen (secondary N) is 1. The summed E-state index contributed by atoms with van der Waals surface area (Å²) in [6.45, 7) is 1.91. The smallest absolute Gasteiger partial charge is 0.261 e. The van der Waals surface area contributed by atoms with Gasteiger partial charge in [-0.25, -0.2) is 8.42 Å². The molecule has 0 atom stereocenters. The van der Waals surface area contributed by atoms with E-state index in [2.05, 4.69) is 9.29 Å². The highest BCUT2D eigenvalue weighted by atomic mass is 32.2. The van der Waals surface area contributed by atoms with Crippen molar-refractivity contribution in [1.29, 1.82) is 0 Å². The van der Waals surface area contributed by atoms with Crippen molar-refractivity contribution in [3.63, 3.8) is 0 Å². The first-order valence-corrected chi connectivity index (χ1v) is 14.1. The Balaban J connectivity index is 1.74. The summed E-state index contributed by atoms with van der Waals surface area (Å²) in [5.41, 5.74) is 5.28. The lowest BCUT2D eigenvalue weighted by Gasteiger charge is -2.19. The third-order valence-corrected chi connectivity index (χ3v) is 8.48. The fourth-order valence-electron chi connectivity index (χ4n) is 5.15. The summed E-state index contributed by atoms with van der Waals surface area (Å²) >= 11 is 0. The van der Waals surface area contributed by atoms with Crippen LogP contribution in [0.2, 0.25) is 0 Å². The lowest BCUT2D eigenvalue weighted by molar-refractivity contribution is 0.103. The number of para-hydroxylation sites is 1. The van der Waals surface area contributed by atoms with Crippen molar-refractivity contribution in [2.24, 2.45) is 7.05 Å². The van der Waals surface area contributed by atoms with Gasteiger partial charge in [-0.3, -0.25) is 9.52 Å². The Morgan fingerprint density at radius 2 is 1.36 bits per heavy atom. The SMILES string of the molecule is Cc1ccc(S(=O)(=O)Nc2c(C(=O)c3ccccc3)cc3c(c2-c2ccccc2)c2ccccc2n3C)cc1. The molecule has 0 bridgehead atoms. The zero-order chi connectivity index (χ0) is 27.1. The molecular formula is C33H26N2O3S. The van der Waals surface area contributed by atoms with Crippen LogP contribution in [0.1, 0.15) is 21.5 Å². The predicted molar refractivity (Wildman–Crippen MR) is 158 cm³/mol. The molecule has 6 heteroatoms.